The number of aromatic nitrogens is 1. The summed E-state index contributed by atoms with van der Waals surface area (Å²) >= 11 is 1.67. The van der Waals surface area contributed by atoms with Crippen LogP contribution >= 0.6 is 11.3 Å². The number of fused-ring (bicyclic) bond motifs is 1. The van der Waals surface area contributed by atoms with Gasteiger partial charge >= 0.3 is 0 Å². The maximum Gasteiger partial charge on any atom is 0.242 e. The summed E-state index contributed by atoms with van der Waals surface area (Å²) in [6, 6.07) is 8.14. The third kappa shape index (κ3) is 3.61. The molecule has 0 unspecified atom stereocenters. The molecule has 6 heteroatoms. The van der Waals surface area contributed by atoms with E-state index in [-0.39, 0.29) is 30.3 Å². The van der Waals surface area contributed by atoms with Crippen LogP contribution in [-0.2, 0) is 9.59 Å². The lowest BCUT2D eigenvalue weighted by Crippen LogP contribution is -2.42. The summed E-state index contributed by atoms with van der Waals surface area (Å²) in [6.07, 6.45) is 7.32. The van der Waals surface area contributed by atoms with Crippen LogP contribution in [0, 0.1) is 5.92 Å². The molecule has 26 heavy (non-hydrogen) atoms. The molecular weight excluding hydrogens is 346 g/mol. The quantitative estimate of drug-likeness (QED) is 0.892. The van der Waals surface area contributed by atoms with Gasteiger partial charge in [-0.3, -0.25) is 9.59 Å². The number of nitrogens with one attached hydrogen (secondary N) is 1. The van der Waals surface area contributed by atoms with Gasteiger partial charge in [0.2, 0.25) is 11.8 Å². The molecule has 1 N–H and O–H groups in total. The molecule has 0 bridgehead atoms. The molecule has 2 aromatic rings. The number of nitrogens with zero attached hydrogens (tertiary/aromatic N) is 2. The molecule has 1 aromatic carbocycles. The van der Waals surface area contributed by atoms with E-state index in [0.29, 0.717) is 0 Å². The fourth-order valence-corrected chi connectivity index (χ4v) is 5.24. The minimum Gasteiger partial charge on any atom is -0.347 e. The van der Waals surface area contributed by atoms with E-state index >= 15 is 0 Å². The van der Waals surface area contributed by atoms with E-state index in [9.17, 15) is 9.59 Å². The minimum atomic E-state index is 0.0101. The molecule has 2 aliphatic rings. The average molecular weight is 372 g/mol. The number of para-hydroxylation sites is 1. The number of hydrogen-bond acceptors (Lipinski definition) is 4. The van der Waals surface area contributed by atoms with Gasteiger partial charge in [-0.25, -0.2) is 4.98 Å². The standard InChI is InChI=1S/C20H25N3O2S/c24-18(13-21-19(25)14-7-2-1-3-8-14)23-12-6-10-16(23)20-22-15-9-4-5-11-17(15)26-20/h4-5,9,11,14,16H,1-3,6-8,10,12-13H2,(H,21,25)/t16-/m0/s1. The second-order valence-corrected chi connectivity index (χ2v) is 8.38. The third-order valence-electron chi connectivity index (χ3n) is 5.56. The number of carbonyl (C=O) groups is 2. The Morgan fingerprint density at radius 2 is 1.92 bits per heavy atom. The van der Waals surface area contributed by atoms with Crippen LogP contribution in [0.15, 0.2) is 24.3 Å². The molecule has 1 aromatic heterocycles. The van der Waals surface area contributed by atoms with Crippen molar-refractivity contribution in [3.05, 3.63) is 29.3 Å². The number of likely N-dealkylation sites (tertiary alicyclic amines) is 1. The lowest BCUT2D eigenvalue weighted by atomic mass is 9.89. The van der Waals surface area contributed by atoms with E-state index in [1.807, 2.05) is 23.1 Å². The van der Waals surface area contributed by atoms with Crippen molar-refractivity contribution in [2.45, 2.75) is 51.0 Å². The Hall–Kier alpha value is -1.95. The van der Waals surface area contributed by atoms with Crippen LogP contribution in [0.1, 0.15) is 56.0 Å². The highest BCUT2D eigenvalue weighted by Crippen LogP contribution is 2.36. The van der Waals surface area contributed by atoms with Crippen molar-refractivity contribution >= 4 is 33.4 Å². The van der Waals surface area contributed by atoms with Gasteiger partial charge in [0.05, 0.1) is 22.8 Å². The second-order valence-electron chi connectivity index (χ2n) is 7.32. The van der Waals surface area contributed by atoms with E-state index < -0.39 is 0 Å². The average Bonchev–Trinajstić information content (AvgIpc) is 3.32. The van der Waals surface area contributed by atoms with E-state index in [0.717, 1.165) is 60.3 Å². The SMILES string of the molecule is O=C(NCC(=O)N1CCC[C@H]1c1nc2ccccc2s1)C1CCCCC1. The van der Waals surface area contributed by atoms with Crippen molar-refractivity contribution < 1.29 is 9.59 Å². The smallest absolute Gasteiger partial charge is 0.242 e. The summed E-state index contributed by atoms with van der Waals surface area (Å²) in [5.74, 6) is 0.153. The van der Waals surface area contributed by atoms with E-state index in [2.05, 4.69) is 11.4 Å². The molecule has 2 heterocycles. The van der Waals surface area contributed by atoms with Crippen molar-refractivity contribution in [1.29, 1.82) is 0 Å². The first-order chi connectivity index (χ1) is 12.7. The predicted octanol–water partition coefficient (Wildman–Crippen LogP) is 3.66. The van der Waals surface area contributed by atoms with Gasteiger partial charge in [-0.05, 0) is 37.8 Å². The zero-order valence-corrected chi connectivity index (χ0v) is 15.8. The largest absolute Gasteiger partial charge is 0.347 e. The number of hydrogen-bond donors (Lipinski definition) is 1. The van der Waals surface area contributed by atoms with Crippen LogP contribution in [0.2, 0.25) is 0 Å². The Balaban J connectivity index is 1.39. The van der Waals surface area contributed by atoms with Gasteiger partial charge in [-0.1, -0.05) is 31.4 Å². The first-order valence-electron chi connectivity index (χ1n) is 9.65. The van der Waals surface area contributed by atoms with Gasteiger partial charge in [-0.15, -0.1) is 11.3 Å². The molecule has 1 saturated heterocycles. The minimum absolute atomic E-state index is 0.0101. The lowest BCUT2D eigenvalue weighted by Gasteiger charge is -2.24. The number of rotatable bonds is 4. The van der Waals surface area contributed by atoms with Crippen LogP contribution in [-0.4, -0.2) is 34.8 Å². The van der Waals surface area contributed by atoms with Crippen LogP contribution < -0.4 is 5.32 Å². The lowest BCUT2D eigenvalue weighted by molar-refractivity contribution is -0.134. The third-order valence-corrected chi connectivity index (χ3v) is 6.70. The van der Waals surface area contributed by atoms with Crippen LogP contribution in [0.3, 0.4) is 0 Å². The summed E-state index contributed by atoms with van der Waals surface area (Å²) in [5.41, 5.74) is 0.998. The van der Waals surface area contributed by atoms with Gasteiger partial charge in [-0.2, -0.15) is 0 Å². The van der Waals surface area contributed by atoms with Gasteiger partial charge in [0.1, 0.15) is 5.01 Å². The number of amides is 2. The van der Waals surface area contributed by atoms with Gasteiger partial charge < -0.3 is 10.2 Å². The molecule has 0 spiro atoms. The molecule has 138 valence electrons. The normalized spacial score (nSPS) is 21.2. The second kappa shape index (κ2) is 7.74. The summed E-state index contributed by atoms with van der Waals surface area (Å²) in [4.78, 5) is 31.6. The zero-order valence-electron chi connectivity index (χ0n) is 14.9. The highest BCUT2D eigenvalue weighted by Gasteiger charge is 2.32. The number of carbonyl (C=O) groups excluding carboxylic acids is 2. The van der Waals surface area contributed by atoms with Crippen molar-refractivity contribution in [2.75, 3.05) is 13.1 Å². The highest BCUT2D eigenvalue weighted by molar-refractivity contribution is 7.18. The van der Waals surface area contributed by atoms with Gasteiger partial charge in [0.15, 0.2) is 0 Å². The van der Waals surface area contributed by atoms with Crippen molar-refractivity contribution in [3.8, 4) is 0 Å². The van der Waals surface area contributed by atoms with Crippen LogP contribution in [0.5, 0.6) is 0 Å². The number of benzene rings is 1. The Morgan fingerprint density at radius 3 is 2.73 bits per heavy atom. The molecule has 2 amide bonds. The van der Waals surface area contributed by atoms with E-state index in [1.54, 1.807) is 11.3 Å². The first-order valence-corrected chi connectivity index (χ1v) is 10.5. The molecule has 2 fully saturated rings. The van der Waals surface area contributed by atoms with E-state index in [4.69, 9.17) is 4.98 Å². The van der Waals surface area contributed by atoms with Crippen molar-refractivity contribution in [3.63, 3.8) is 0 Å². The Kier molecular flexibility index (Phi) is 5.20. The molecule has 5 nitrogen and oxygen atoms in total. The monoisotopic (exact) mass is 371 g/mol. The molecule has 1 saturated carbocycles. The Morgan fingerprint density at radius 1 is 1.12 bits per heavy atom. The van der Waals surface area contributed by atoms with Gasteiger partial charge in [0.25, 0.3) is 0 Å². The Labute approximate surface area is 157 Å². The first kappa shape index (κ1) is 17.5. The van der Waals surface area contributed by atoms with Crippen LogP contribution in [0.25, 0.3) is 10.2 Å². The summed E-state index contributed by atoms with van der Waals surface area (Å²) < 4.78 is 1.16. The fourth-order valence-electron chi connectivity index (χ4n) is 4.13. The molecule has 4 rings (SSSR count). The number of thiazole rings is 1. The maximum atomic E-state index is 12.7. The zero-order chi connectivity index (χ0) is 17.9. The van der Waals surface area contributed by atoms with Crippen molar-refractivity contribution in [1.82, 2.24) is 15.2 Å². The molecule has 0 radical (unpaired) electrons. The summed E-state index contributed by atoms with van der Waals surface area (Å²) in [7, 11) is 0. The topological polar surface area (TPSA) is 62.3 Å². The van der Waals surface area contributed by atoms with E-state index in [1.165, 1.54) is 6.42 Å². The highest BCUT2D eigenvalue weighted by atomic mass is 32.1. The molecule has 1 aliphatic heterocycles. The van der Waals surface area contributed by atoms with Crippen LogP contribution in [0.4, 0.5) is 0 Å². The Bertz CT molecular complexity index is 764. The van der Waals surface area contributed by atoms with Gasteiger partial charge in [0, 0.05) is 12.5 Å². The van der Waals surface area contributed by atoms with Crippen molar-refractivity contribution in [2.24, 2.45) is 5.92 Å². The summed E-state index contributed by atoms with van der Waals surface area (Å²) in [5, 5.41) is 3.89. The maximum absolute atomic E-state index is 12.7. The molecule has 1 aliphatic carbocycles. The molecular formula is C20H25N3O2S. The fraction of sp³-hybridized carbons (Fsp3) is 0.550. The molecule has 1 atom stereocenters. The predicted molar refractivity (Wildman–Crippen MR) is 103 cm³/mol. The summed E-state index contributed by atoms with van der Waals surface area (Å²) in [6.45, 7) is 0.857.